The lowest BCUT2D eigenvalue weighted by molar-refractivity contribution is 0.0558. The van der Waals surface area contributed by atoms with Gasteiger partial charge in [0.2, 0.25) is 0 Å². The largest absolute Gasteiger partial charge is 0.447 e. The second-order valence-corrected chi connectivity index (χ2v) is 5.04. The van der Waals surface area contributed by atoms with Crippen molar-refractivity contribution >= 4 is 6.09 Å². The lowest BCUT2D eigenvalue weighted by Gasteiger charge is -2.43. The van der Waals surface area contributed by atoms with Crippen molar-refractivity contribution in [1.82, 2.24) is 9.80 Å². The van der Waals surface area contributed by atoms with Gasteiger partial charge in [0.15, 0.2) is 0 Å². The molecule has 2 fully saturated rings. The molecule has 80 valence electrons. The normalized spacial score (nSPS) is 28.9. The van der Waals surface area contributed by atoms with Crippen LogP contribution >= 0.6 is 0 Å². The van der Waals surface area contributed by atoms with Crippen molar-refractivity contribution in [3.63, 3.8) is 0 Å². The molecular formula is C10H18N2O2. The smallest absolute Gasteiger partial charge is 0.410 e. The molecular weight excluding hydrogens is 180 g/mol. The highest BCUT2D eigenvalue weighted by atomic mass is 16.6. The number of ether oxygens (including phenoxy) is 1. The van der Waals surface area contributed by atoms with Gasteiger partial charge in [-0.2, -0.15) is 0 Å². The first-order valence-corrected chi connectivity index (χ1v) is 5.17. The molecule has 0 saturated carbocycles. The molecule has 0 N–H and O–H groups in total. The lowest BCUT2D eigenvalue weighted by atomic mass is 10.0. The molecule has 2 saturated heterocycles. The Labute approximate surface area is 84.8 Å². The summed E-state index contributed by atoms with van der Waals surface area (Å²) in [5.74, 6) is 0. The van der Waals surface area contributed by atoms with Crippen molar-refractivity contribution in [3.05, 3.63) is 0 Å². The molecule has 0 radical (unpaired) electrons. The summed E-state index contributed by atoms with van der Waals surface area (Å²) in [7, 11) is 0. The fourth-order valence-corrected chi connectivity index (χ4v) is 2.10. The topological polar surface area (TPSA) is 32.8 Å². The molecule has 4 heteroatoms. The predicted molar refractivity (Wildman–Crippen MR) is 53.2 cm³/mol. The van der Waals surface area contributed by atoms with E-state index in [9.17, 15) is 4.79 Å². The Balaban J connectivity index is 2.03. The molecule has 1 atom stereocenters. The van der Waals surface area contributed by atoms with Gasteiger partial charge in [0.05, 0.1) is 6.04 Å². The van der Waals surface area contributed by atoms with E-state index in [-0.39, 0.29) is 17.7 Å². The van der Waals surface area contributed by atoms with E-state index in [1.807, 2.05) is 4.90 Å². The highest BCUT2D eigenvalue weighted by molar-refractivity contribution is 5.70. The summed E-state index contributed by atoms with van der Waals surface area (Å²) in [4.78, 5) is 15.5. The summed E-state index contributed by atoms with van der Waals surface area (Å²) in [5, 5.41) is 0. The fraction of sp³-hybridized carbons (Fsp3) is 0.900. The third-order valence-electron chi connectivity index (χ3n) is 3.07. The maximum absolute atomic E-state index is 11.3. The average molecular weight is 198 g/mol. The molecule has 1 amide bonds. The monoisotopic (exact) mass is 198 g/mol. The Morgan fingerprint density at radius 2 is 2.07 bits per heavy atom. The molecule has 2 aliphatic rings. The lowest BCUT2D eigenvalue weighted by Crippen LogP contribution is -2.57. The molecule has 14 heavy (non-hydrogen) atoms. The molecule has 0 spiro atoms. The van der Waals surface area contributed by atoms with Crippen LogP contribution in [-0.4, -0.2) is 53.7 Å². The number of hydrogen-bond donors (Lipinski definition) is 0. The number of carbonyl (C=O) groups excluding carboxylic acids is 1. The summed E-state index contributed by atoms with van der Waals surface area (Å²) in [6.07, 6.45) is -0.136. The van der Waals surface area contributed by atoms with E-state index in [4.69, 9.17) is 4.74 Å². The SMILES string of the molecule is CC(C)(C)N1CCN2C(=O)OCC2C1. The zero-order chi connectivity index (χ0) is 10.3. The zero-order valence-corrected chi connectivity index (χ0v) is 9.12. The molecule has 0 aliphatic carbocycles. The van der Waals surface area contributed by atoms with E-state index in [1.54, 1.807) is 0 Å². The highest BCUT2D eigenvalue weighted by Crippen LogP contribution is 2.23. The second-order valence-electron chi connectivity index (χ2n) is 5.04. The third-order valence-corrected chi connectivity index (χ3v) is 3.07. The van der Waals surface area contributed by atoms with Crippen molar-refractivity contribution < 1.29 is 9.53 Å². The summed E-state index contributed by atoms with van der Waals surface area (Å²) in [6, 6.07) is 0.274. The van der Waals surface area contributed by atoms with Crippen molar-refractivity contribution in [3.8, 4) is 0 Å². The van der Waals surface area contributed by atoms with Crippen molar-refractivity contribution in [2.75, 3.05) is 26.2 Å². The first kappa shape index (κ1) is 9.77. The van der Waals surface area contributed by atoms with Gasteiger partial charge in [-0.25, -0.2) is 4.79 Å². The minimum absolute atomic E-state index is 0.136. The quantitative estimate of drug-likeness (QED) is 0.580. The number of nitrogens with zero attached hydrogens (tertiary/aromatic N) is 2. The fourth-order valence-electron chi connectivity index (χ4n) is 2.10. The van der Waals surface area contributed by atoms with E-state index in [0.29, 0.717) is 6.61 Å². The van der Waals surface area contributed by atoms with Gasteiger partial charge in [0.25, 0.3) is 0 Å². The Hall–Kier alpha value is -0.770. The van der Waals surface area contributed by atoms with Crippen LogP contribution in [0.1, 0.15) is 20.8 Å². The van der Waals surface area contributed by atoms with Gasteiger partial charge in [0.1, 0.15) is 6.61 Å². The van der Waals surface area contributed by atoms with E-state index in [1.165, 1.54) is 0 Å². The number of piperazine rings is 1. The Bertz CT molecular complexity index is 247. The summed E-state index contributed by atoms with van der Waals surface area (Å²) in [6.45, 7) is 9.89. The Kier molecular flexibility index (Phi) is 2.18. The van der Waals surface area contributed by atoms with E-state index >= 15 is 0 Å². The van der Waals surface area contributed by atoms with Crippen molar-refractivity contribution in [2.24, 2.45) is 0 Å². The Morgan fingerprint density at radius 3 is 2.71 bits per heavy atom. The van der Waals surface area contributed by atoms with E-state index in [0.717, 1.165) is 19.6 Å². The minimum Gasteiger partial charge on any atom is -0.447 e. The number of cyclic esters (lactones) is 1. The standard InChI is InChI=1S/C10H18N2O2/c1-10(2,3)11-4-5-12-8(6-11)7-14-9(12)13/h8H,4-7H2,1-3H3. The molecule has 0 aromatic carbocycles. The molecule has 2 aliphatic heterocycles. The number of rotatable bonds is 0. The first-order chi connectivity index (χ1) is 6.48. The van der Waals surface area contributed by atoms with Crippen LogP contribution in [0.25, 0.3) is 0 Å². The number of hydrogen-bond acceptors (Lipinski definition) is 3. The van der Waals surface area contributed by atoms with Crippen LogP contribution in [0.4, 0.5) is 4.79 Å². The van der Waals surface area contributed by atoms with Crippen LogP contribution in [0.2, 0.25) is 0 Å². The van der Waals surface area contributed by atoms with Crippen LogP contribution in [-0.2, 0) is 4.74 Å². The van der Waals surface area contributed by atoms with E-state index in [2.05, 4.69) is 25.7 Å². The maximum Gasteiger partial charge on any atom is 0.410 e. The summed E-state index contributed by atoms with van der Waals surface area (Å²) < 4.78 is 5.02. The molecule has 2 rings (SSSR count). The van der Waals surface area contributed by atoms with Gasteiger partial charge in [0, 0.05) is 25.2 Å². The van der Waals surface area contributed by atoms with Crippen LogP contribution in [0.3, 0.4) is 0 Å². The molecule has 0 bridgehead atoms. The molecule has 4 nitrogen and oxygen atoms in total. The van der Waals surface area contributed by atoms with Crippen LogP contribution in [0.5, 0.6) is 0 Å². The van der Waals surface area contributed by atoms with Crippen molar-refractivity contribution in [1.29, 1.82) is 0 Å². The summed E-state index contributed by atoms with van der Waals surface area (Å²) in [5.41, 5.74) is 0.192. The van der Waals surface area contributed by atoms with Gasteiger partial charge >= 0.3 is 6.09 Å². The minimum atomic E-state index is -0.136. The van der Waals surface area contributed by atoms with Gasteiger partial charge in [-0.3, -0.25) is 9.80 Å². The van der Waals surface area contributed by atoms with Crippen molar-refractivity contribution in [2.45, 2.75) is 32.4 Å². The average Bonchev–Trinajstić information content (AvgIpc) is 2.46. The third kappa shape index (κ3) is 1.59. The first-order valence-electron chi connectivity index (χ1n) is 5.17. The van der Waals surface area contributed by atoms with Gasteiger partial charge < -0.3 is 4.74 Å². The van der Waals surface area contributed by atoms with Crippen LogP contribution < -0.4 is 0 Å². The van der Waals surface area contributed by atoms with Crippen LogP contribution in [0.15, 0.2) is 0 Å². The van der Waals surface area contributed by atoms with Gasteiger partial charge in [-0.1, -0.05) is 0 Å². The molecule has 1 unspecified atom stereocenters. The van der Waals surface area contributed by atoms with E-state index < -0.39 is 0 Å². The summed E-state index contributed by atoms with van der Waals surface area (Å²) >= 11 is 0. The Morgan fingerprint density at radius 1 is 1.36 bits per heavy atom. The molecule has 0 aromatic rings. The maximum atomic E-state index is 11.3. The second kappa shape index (κ2) is 3.12. The van der Waals surface area contributed by atoms with Gasteiger partial charge in [-0.05, 0) is 20.8 Å². The van der Waals surface area contributed by atoms with Crippen LogP contribution in [0, 0.1) is 0 Å². The highest BCUT2D eigenvalue weighted by Gasteiger charge is 2.39. The number of amides is 1. The van der Waals surface area contributed by atoms with Gasteiger partial charge in [-0.15, -0.1) is 0 Å². The molecule has 0 aromatic heterocycles. The zero-order valence-electron chi connectivity index (χ0n) is 9.12. The number of carbonyl (C=O) groups is 1. The molecule has 2 heterocycles. The predicted octanol–water partition coefficient (Wildman–Crippen LogP) is 0.921. The number of fused-ring (bicyclic) bond motifs is 1.